The Labute approximate surface area is 185 Å². The Morgan fingerprint density at radius 2 is 1.77 bits per heavy atom. The largest absolute Gasteiger partial charge is 0.357 e. The zero-order chi connectivity index (χ0) is 22.1. The van der Waals surface area contributed by atoms with Crippen molar-refractivity contribution in [2.45, 2.75) is 39.5 Å². The van der Waals surface area contributed by atoms with E-state index >= 15 is 0 Å². The molecular weight excluding hydrogens is 386 g/mol. The molecule has 0 saturated heterocycles. The van der Waals surface area contributed by atoms with Gasteiger partial charge in [-0.25, -0.2) is 4.98 Å². The van der Waals surface area contributed by atoms with E-state index in [0.29, 0.717) is 5.56 Å². The molecular formula is C25H33N5O. The normalized spacial score (nSPS) is 10.8. The summed E-state index contributed by atoms with van der Waals surface area (Å²) in [4.78, 5) is 21.1. The van der Waals surface area contributed by atoms with Crippen molar-refractivity contribution in [3.8, 4) is 11.3 Å². The summed E-state index contributed by atoms with van der Waals surface area (Å²) in [5, 5.41) is 7.55. The number of hydrogen-bond acceptors (Lipinski definition) is 4. The molecule has 2 aromatic heterocycles. The summed E-state index contributed by atoms with van der Waals surface area (Å²) in [5.41, 5.74) is 3.92. The maximum Gasteiger partial charge on any atom is 0.255 e. The first kappa shape index (κ1) is 22.5. The topological polar surface area (TPSA) is 65.1 Å². The van der Waals surface area contributed by atoms with Gasteiger partial charge in [0.05, 0.1) is 11.3 Å². The first-order valence-corrected chi connectivity index (χ1v) is 11.2. The molecule has 1 N–H and O–H groups in total. The summed E-state index contributed by atoms with van der Waals surface area (Å²) in [6.45, 7) is 6.76. The Morgan fingerprint density at radius 1 is 1.00 bits per heavy atom. The zero-order valence-electron chi connectivity index (χ0n) is 18.8. The molecule has 0 aliphatic rings. The van der Waals surface area contributed by atoms with Crippen LogP contribution in [0.2, 0.25) is 0 Å². The van der Waals surface area contributed by atoms with Crippen LogP contribution in [0.1, 0.15) is 49.2 Å². The van der Waals surface area contributed by atoms with Crippen LogP contribution in [-0.4, -0.2) is 52.7 Å². The lowest BCUT2D eigenvalue weighted by Gasteiger charge is -2.20. The van der Waals surface area contributed by atoms with E-state index in [0.717, 1.165) is 68.1 Å². The third-order valence-electron chi connectivity index (χ3n) is 5.57. The van der Waals surface area contributed by atoms with Gasteiger partial charge in [-0.2, -0.15) is 5.10 Å². The molecule has 164 valence electrons. The summed E-state index contributed by atoms with van der Waals surface area (Å²) in [6.07, 6.45) is 5.77. The van der Waals surface area contributed by atoms with Crippen LogP contribution in [0.15, 0.2) is 54.7 Å². The van der Waals surface area contributed by atoms with Crippen molar-refractivity contribution in [1.82, 2.24) is 20.1 Å². The summed E-state index contributed by atoms with van der Waals surface area (Å²) in [7, 11) is 1.86. The third-order valence-corrected chi connectivity index (χ3v) is 5.57. The molecule has 3 rings (SSSR count). The minimum atomic E-state index is 0.0275. The van der Waals surface area contributed by atoms with Crippen molar-refractivity contribution in [3.63, 3.8) is 0 Å². The van der Waals surface area contributed by atoms with Crippen molar-refractivity contribution in [1.29, 1.82) is 0 Å². The molecule has 1 amide bonds. The van der Waals surface area contributed by atoms with Gasteiger partial charge >= 0.3 is 0 Å². The first-order valence-electron chi connectivity index (χ1n) is 11.2. The number of anilines is 1. The fourth-order valence-electron chi connectivity index (χ4n) is 3.66. The maximum absolute atomic E-state index is 12.6. The predicted molar refractivity (Wildman–Crippen MR) is 126 cm³/mol. The Bertz CT molecular complexity index is 932. The Kier molecular flexibility index (Phi) is 8.21. The van der Waals surface area contributed by atoms with Gasteiger partial charge in [0.1, 0.15) is 5.82 Å². The molecule has 6 heteroatoms. The number of unbranched alkanes of at least 4 members (excludes halogenated alkanes) is 2. The second-order valence-electron chi connectivity index (χ2n) is 7.76. The van der Waals surface area contributed by atoms with Gasteiger partial charge in [0.15, 0.2) is 0 Å². The summed E-state index contributed by atoms with van der Waals surface area (Å²) in [6, 6.07) is 16.1. The lowest BCUT2D eigenvalue weighted by Crippen LogP contribution is -2.28. The maximum atomic E-state index is 12.6. The van der Waals surface area contributed by atoms with Gasteiger partial charge in [-0.15, -0.1) is 0 Å². The highest BCUT2D eigenvalue weighted by atomic mass is 16.2. The fraction of sp³-hybridized carbons (Fsp3) is 0.400. The van der Waals surface area contributed by atoms with Crippen LogP contribution in [-0.2, 0) is 6.42 Å². The van der Waals surface area contributed by atoms with Crippen LogP contribution < -0.4 is 4.90 Å². The fourth-order valence-corrected chi connectivity index (χ4v) is 3.66. The smallest absolute Gasteiger partial charge is 0.255 e. The van der Waals surface area contributed by atoms with Gasteiger partial charge in [0.2, 0.25) is 0 Å². The minimum absolute atomic E-state index is 0.0275. The van der Waals surface area contributed by atoms with E-state index in [4.69, 9.17) is 0 Å². The van der Waals surface area contributed by atoms with Crippen LogP contribution in [0.5, 0.6) is 0 Å². The quantitative estimate of drug-likeness (QED) is 0.453. The number of aromatic nitrogens is 3. The second-order valence-corrected chi connectivity index (χ2v) is 7.76. The lowest BCUT2D eigenvalue weighted by molar-refractivity contribution is 0.0792. The van der Waals surface area contributed by atoms with Gasteiger partial charge in [-0.05, 0) is 51.3 Å². The van der Waals surface area contributed by atoms with E-state index in [-0.39, 0.29) is 5.91 Å². The van der Waals surface area contributed by atoms with Crippen molar-refractivity contribution in [3.05, 3.63) is 66.0 Å². The van der Waals surface area contributed by atoms with Crippen LogP contribution >= 0.6 is 0 Å². The Morgan fingerprint density at radius 3 is 2.45 bits per heavy atom. The van der Waals surface area contributed by atoms with Crippen molar-refractivity contribution >= 4 is 11.7 Å². The van der Waals surface area contributed by atoms with Gasteiger partial charge < -0.3 is 9.80 Å². The molecule has 0 fully saturated rings. The number of nitrogens with one attached hydrogen (secondary N) is 1. The monoisotopic (exact) mass is 419 g/mol. The number of benzene rings is 1. The van der Waals surface area contributed by atoms with Crippen LogP contribution in [0.25, 0.3) is 11.3 Å². The summed E-state index contributed by atoms with van der Waals surface area (Å²) in [5.74, 6) is 0.943. The molecule has 0 unspecified atom stereocenters. The molecule has 6 nitrogen and oxygen atoms in total. The molecule has 0 aliphatic carbocycles. The van der Waals surface area contributed by atoms with Gasteiger partial charge in [-0.1, -0.05) is 36.8 Å². The molecule has 0 atom stereocenters. The SMILES string of the molecule is CCN(CC)c1ccc(C(=O)N(C)CCCCCc2cc(-c3ccccc3)n[nH]2)cn1. The number of hydrogen-bond donors (Lipinski definition) is 1. The number of carbonyl (C=O) groups excluding carboxylic acids is 1. The molecule has 0 bridgehead atoms. The zero-order valence-corrected chi connectivity index (χ0v) is 18.8. The van der Waals surface area contributed by atoms with Crippen LogP contribution in [0.4, 0.5) is 5.82 Å². The van der Waals surface area contributed by atoms with Gasteiger partial charge in [-0.3, -0.25) is 9.89 Å². The number of H-pyrrole nitrogens is 1. The first-order chi connectivity index (χ1) is 15.1. The molecule has 0 spiro atoms. The van der Waals surface area contributed by atoms with Crippen molar-refractivity contribution in [2.75, 3.05) is 31.6 Å². The minimum Gasteiger partial charge on any atom is -0.357 e. The lowest BCUT2D eigenvalue weighted by atomic mass is 10.1. The van der Waals surface area contributed by atoms with Crippen molar-refractivity contribution < 1.29 is 4.79 Å². The van der Waals surface area contributed by atoms with E-state index < -0.39 is 0 Å². The highest BCUT2D eigenvalue weighted by molar-refractivity contribution is 5.93. The second kappa shape index (κ2) is 11.3. The number of rotatable bonds is 11. The van der Waals surface area contributed by atoms with E-state index in [1.165, 1.54) is 0 Å². The molecule has 0 radical (unpaired) electrons. The van der Waals surface area contributed by atoms with E-state index in [2.05, 4.69) is 52.1 Å². The van der Waals surface area contributed by atoms with E-state index in [1.54, 1.807) is 11.1 Å². The number of aromatic amines is 1. The number of nitrogens with zero attached hydrogens (tertiary/aromatic N) is 4. The predicted octanol–water partition coefficient (Wildman–Crippen LogP) is 4.80. The average molecular weight is 420 g/mol. The van der Waals surface area contributed by atoms with Gasteiger partial charge in [0.25, 0.3) is 5.91 Å². The average Bonchev–Trinajstić information content (AvgIpc) is 3.29. The van der Waals surface area contributed by atoms with E-state index in [9.17, 15) is 4.79 Å². The van der Waals surface area contributed by atoms with Crippen LogP contribution in [0, 0.1) is 0 Å². The highest BCUT2D eigenvalue weighted by Gasteiger charge is 2.13. The highest BCUT2D eigenvalue weighted by Crippen LogP contribution is 2.18. The van der Waals surface area contributed by atoms with Gasteiger partial charge in [0, 0.05) is 44.1 Å². The Hall–Kier alpha value is -3.15. The molecule has 0 saturated carbocycles. The third kappa shape index (κ3) is 6.17. The molecule has 1 aromatic carbocycles. The Balaban J connectivity index is 1.39. The number of carbonyl (C=O) groups is 1. The number of aryl methyl sites for hydroxylation is 1. The number of pyridine rings is 1. The van der Waals surface area contributed by atoms with E-state index in [1.807, 2.05) is 37.4 Å². The van der Waals surface area contributed by atoms with Crippen LogP contribution in [0.3, 0.4) is 0 Å². The molecule has 0 aliphatic heterocycles. The number of amides is 1. The van der Waals surface area contributed by atoms with Crippen molar-refractivity contribution in [2.24, 2.45) is 0 Å². The molecule has 31 heavy (non-hydrogen) atoms. The summed E-state index contributed by atoms with van der Waals surface area (Å²) >= 11 is 0. The molecule has 3 aromatic rings. The molecule has 2 heterocycles. The summed E-state index contributed by atoms with van der Waals surface area (Å²) < 4.78 is 0. The standard InChI is InChI=1S/C25H33N5O/c1-4-30(5-2)24-16-15-21(19-26-24)25(31)29(3)17-11-7-10-14-22-18-23(28-27-22)20-12-8-6-9-13-20/h6,8-9,12-13,15-16,18-19H,4-5,7,10-11,14,17H2,1-3H3,(H,27,28).